The fourth-order valence-electron chi connectivity index (χ4n) is 3.52. The van der Waals surface area contributed by atoms with Crippen LogP contribution >= 0.6 is 11.3 Å². The average Bonchev–Trinajstić information content (AvgIpc) is 3.47. The van der Waals surface area contributed by atoms with Crippen molar-refractivity contribution in [1.82, 2.24) is 29.7 Å². The summed E-state index contributed by atoms with van der Waals surface area (Å²) in [5.41, 5.74) is 5.09. The molecule has 8 nitrogen and oxygen atoms in total. The van der Waals surface area contributed by atoms with Crippen LogP contribution in [0.1, 0.15) is 5.56 Å². The molecule has 1 aliphatic heterocycles. The van der Waals surface area contributed by atoms with Crippen LogP contribution in [0, 0.1) is 11.3 Å². The molecule has 0 spiro atoms. The Hall–Kier alpha value is -3.22. The first-order valence-electron chi connectivity index (χ1n) is 9.05. The van der Waals surface area contributed by atoms with Gasteiger partial charge in [-0.05, 0) is 6.07 Å². The Morgan fingerprint density at radius 2 is 2.00 bits per heavy atom. The number of hydrogen-bond acceptors (Lipinski definition) is 7. The second-order valence-corrected chi connectivity index (χ2v) is 7.60. The number of piperazine rings is 1. The number of nitrogens with one attached hydrogen (secondary N) is 1. The van der Waals surface area contributed by atoms with Crippen LogP contribution in [0.25, 0.3) is 27.9 Å². The van der Waals surface area contributed by atoms with Crippen molar-refractivity contribution in [2.24, 2.45) is 7.05 Å². The van der Waals surface area contributed by atoms with E-state index in [9.17, 15) is 5.26 Å². The SMILES string of the molecule is Cn1cc(-c2cc(-c3csc(N4CCNCC4)n3)c3c(C#N)cnn3c2)cn1. The summed E-state index contributed by atoms with van der Waals surface area (Å²) in [7, 11) is 1.89. The molecule has 9 heteroatoms. The minimum absolute atomic E-state index is 0.546. The summed E-state index contributed by atoms with van der Waals surface area (Å²) in [5.74, 6) is 0. The summed E-state index contributed by atoms with van der Waals surface area (Å²) in [4.78, 5) is 7.19. The molecule has 0 unspecified atom stereocenters. The first-order chi connectivity index (χ1) is 13.7. The van der Waals surface area contributed by atoms with Crippen molar-refractivity contribution in [2.45, 2.75) is 0 Å². The highest BCUT2D eigenvalue weighted by Gasteiger charge is 2.19. The molecule has 140 valence electrons. The number of anilines is 1. The zero-order valence-electron chi connectivity index (χ0n) is 15.3. The molecular formula is C19H18N8S. The number of nitriles is 1. The van der Waals surface area contributed by atoms with Gasteiger partial charge < -0.3 is 10.2 Å². The first kappa shape index (κ1) is 16.9. The number of hydrogen-bond donors (Lipinski definition) is 1. The van der Waals surface area contributed by atoms with E-state index in [-0.39, 0.29) is 0 Å². The third-order valence-corrected chi connectivity index (χ3v) is 5.83. The number of aryl methyl sites for hydroxylation is 1. The highest BCUT2D eigenvalue weighted by atomic mass is 32.1. The van der Waals surface area contributed by atoms with E-state index in [0.717, 1.165) is 59.2 Å². The Bertz CT molecular complexity index is 1190. The Balaban J connectivity index is 1.66. The molecule has 5 rings (SSSR count). The molecule has 1 aliphatic rings. The molecule has 0 aliphatic carbocycles. The highest BCUT2D eigenvalue weighted by Crippen LogP contribution is 2.34. The number of pyridine rings is 1. The van der Waals surface area contributed by atoms with E-state index in [1.165, 1.54) is 0 Å². The molecule has 28 heavy (non-hydrogen) atoms. The normalized spacial score (nSPS) is 14.5. The topological polar surface area (TPSA) is 87.1 Å². The van der Waals surface area contributed by atoms with Gasteiger partial charge in [-0.3, -0.25) is 4.68 Å². The lowest BCUT2D eigenvalue weighted by atomic mass is 10.0. The van der Waals surface area contributed by atoms with Crippen molar-refractivity contribution in [2.75, 3.05) is 31.1 Å². The van der Waals surface area contributed by atoms with Gasteiger partial charge in [0.2, 0.25) is 0 Å². The maximum absolute atomic E-state index is 9.54. The number of rotatable bonds is 3. The second kappa shape index (κ2) is 6.74. The predicted molar refractivity (Wildman–Crippen MR) is 108 cm³/mol. The fraction of sp³-hybridized carbons (Fsp3) is 0.263. The van der Waals surface area contributed by atoms with Gasteiger partial charge in [0, 0.05) is 67.7 Å². The van der Waals surface area contributed by atoms with E-state index >= 15 is 0 Å². The molecule has 0 aromatic carbocycles. The van der Waals surface area contributed by atoms with Crippen LogP contribution in [0.2, 0.25) is 0 Å². The molecule has 5 heterocycles. The van der Waals surface area contributed by atoms with Gasteiger partial charge >= 0.3 is 0 Å². The molecule has 1 saturated heterocycles. The van der Waals surface area contributed by atoms with Crippen molar-refractivity contribution < 1.29 is 0 Å². The van der Waals surface area contributed by atoms with Gasteiger partial charge in [-0.1, -0.05) is 0 Å². The van der Waals surface area contributed by atoms with Crippen LogP contribution in [-0.2, 0) is 7.05 Å². The van der Waals surface area contributed by atoms with Crippen LogP contribution in [0.3, 0.4) is 0 Å². The van der Waals surface area contributed by atoms with E-state index < -0.39 is 0 Å². The quantitative estimate of drug-likeness (QED) is 0.577. The molecule has 0 saturated carbocycles. The average molecular weight is 390 g/mol. The van der Waals surface area contributed by atoms with E-state index in [0.29, 0.717) is 5.56 Å². The van der Waals surface area contributed by atoms with Crippen molar-refractivity contribution in [1.29, 1.82) is 5.26 Å². The summed E-state index contributed by atoms with van der Waals surface area (Å²) in [6, 6.07) is 4.33. The van der Waals surface area contributed by atoms with Gasteiger partial charge in [-0.2, -0.15) is 15.5 Å². The summed E-state index contributed by atoms with van der Waals surface area (Å²) >= 11 is 1.64. The lowest BCUT2D eigenvalue weighted by Crippen LogP contribution is -2.43. The molecule has 0 atom stereocenters. The molecule has 1 fully saturated rings. The summed E-state index contributed by atoms with van der Waals surface area (Å²) in [6.07, 6.45) is 7.33. The number of fused-ring (bicyclic) bond motifs is 1. The van der Waals surface area contributed by atoms with Gasteiger partial charge in [-0.15, -0.1) is 11.3 Å². The predicted octanol–water partition coefficient (Wildman–Crippen LogP) is 2.14. The second-order valence-electron chi connectivity index (χ2n) is 6.76. The van der Waals surface area contributed by atoms with Gasteiger partial charge in [0.1, 0.15) is 6.07 Å². The van der Waals surface area contributed by atoms with Crippen LogP contribution in [0.15, 0.2) is 36.2 Å². The zero-order valence-corrected chi connectivity index (χ0v) is 16.1. The minimum Gasteiger partial charge on any atom is -0.346 e. The molecule has 4 aromatic rings. The van der Waals surface area contributed by atoms with Crippen molar-refractivity contribution in [3.63, 3.8) is 0 Å². The van der Waals surface area contributed by atoms with Crippen molar-refractivity contribution >= 4 is 22.0 Å². The maximum atomic E-state index is 9.54. The summed E-state index contributed by atoms with van der Waals surface area (Å²) in [5, 5.41) is 24.6. The van der Waals surface area contributed by atoms with Crippen molar-refractivity contribution in [3.8, 4) is 28.5 Å². The van der Waals surface area contributed by atoms with E-state index in [1.54, 1.807) is 26.7 Å². The Labute approximate surface area is 165 Å². The van der Waals surface area contributed by atoms with Crippen LogP contribution < -0.4 is 10.2 Å². The minimum atomic E-state index is 0.546. The molecule has 1 N–H and O–H groups in total. The molecule has 0 amide bonds. The summed E-state index contributed by atoms with van der Waals surface area (Å²) < 4.78 is 3.54. The molecule has 0 bridgehead atoms. The van der Waals surface area contributed by atoms with Crippen LogP contribution in [0.4, 0.5) is 5.13 Å². The lowest BCUT2D eigenvalue weighted by molar-refractivity contribution is 0.588. The first-order valence-corrected chi connectivity index (χ1v) is 9.93. The third kappa shape index (κ3) is 2.83. The third-order valence-electron chi connectivity index (χ3n) is 4.93. The van der Waals surface area contributed by atoms with E-state index in [1.807, 2.05) is 25.6 Å². The Kier molecular flexibility index (Phi) is 4.07. The Morgan fingerprint density at radius 3 is 2.75 bits per heavy atom. The Morgan fingerprint density at radius 1 is 1.14 bits per heavy atom. The monoisotopic (exact) mass is 390 g/mol. The molecular weight excluding hydrogens is 372 g/mol. The highest BCUT2D eigenvalue weighted by molar-refractivity contribution is 7.14. The number of nitrogens with zero attached hydrogens (tertiary/aromatic N) is 7. The van der Waals surface area contributed by atoms with Gasteiger partial charge in [0.05, 0.1) is 29.2 Å². The van der Waals surface area contributed by atoms with Crippen LogP contribution in [-0.4, -0.2) is 50.6 Å². The van der Waals surface area contributed by atoms with Gasteiger partial charge in [0.25, 0.3) is 0 Å². The summed E-state index contributed by atoms with van der Waals surface area (Å²) in [6.45, 7) is 3.84. The number of aromatic nitrogens is 5. The van der Waals surface area contributed by atoms with Crippen LogP contribution in [0.5, 0.6) is 0 Å². The van der Waals surface area contributed by atoms with E-state index in [4.69, 9.17) is 4.98 Å². The smallest absolute Gasteiger partial charge is 0.185 e. The standard InChI is InChI=1S/C19H18N8S/c1-25-10-15(9-22-25)13-6-16(18-14(7-20)8-23-27(18)11-13)17-12-28-19(24-17)26-4-2-21-3-5-26/h6,8-12,21H,2-5H2,1H3. The lowest BCUT2D eigenvalue weighted by Gasteiger charge is -2.26. The maximum Gasteiger partial charge on any atom is 0.185 e. The number of thiazole rings is 1. The van der Waals surface area contributed by atoms with E-state index in [2.05, 4.69) is 37.9 Å². The van der Waals surface area contributed by atoms with Gasteiger partial charge in [-0.25, -0.2) is 9.50 Å². The van der Waals surface area contributed by atoms with Crippen molar-refractivity contribution in [3.05, 3.63) is 41.8 Å². The molecule has 4 aromatic heterocycles. The molecule has 0 radical (unpaired) electrons. The van der Waals surface area contributed by atoms with Gasteiger partial charge in [0.15, 0.2) is 5.13 Å². The zero-order chi connectivity index (χ0) is 19.1. The largest absolute Gasteiger partial charge is 0.346 e. The fourth-order valence-corrected chi connectivity index (χ4v) is 4.40.